The van der Waals surface area contributed by atoms with Gasteiger partial charge in [-0.1, -0.05) is 26.0 Å². The van der Waals surface area contributed by atoms with Crippen LogP contribution in [0.15, 0.2) is 12.7 Å². The molecule has 1 aliphatic rings. The molecule has 1 heterocycles. The normalized spacial score (nSPS) is 24.2. The van der Waals surface area contributed by atoms with Crippen LogP contribution in [0.1, 0.15) is 13.3 Å². The van der Waals surface area contributed by atoms with Crippen LogP contribution in [0.5, 0.6) is 0 Å². The van der Waals surface area contributed by atoms with Crippen molar-refractivity contribution in [2.24, 2.45) is 11.8 Å². The molecule has 0 aliphatic carbocycles. The third kappa shape index (κ3) is 2.74. The Bertz CT molecular complexity index is 290. The number of hydrogen-bond donors (Lipinski definition) is 1. The summed E-state index contributed by atoms with van der Waals surface area (Å²) >= 11 is 0. The lowest BCUT2D eigenvalue weighted by molar-refractivity contribution is -0.142. The van der Waals surface area contributed by atoms with Gasteiger partial charge in [-0.25, -0.2) is 4.79 Å². The average molecular weight is 227 g/mol. The van der Waals surface area contributed by atoms with Gasteiger partial charge in [0.2, 0.25) is 0 Å². The van der Waals surface area contributed by atoms with E-state index in [0.717, 1.165) is 6.42 Å². The summed E-state index contributed by atoms with van der Waals surface area (Å²) in [6.07, 6.45) is 1.78. The fraction of sp³-hybridized carbons (Fsp3) is 0.636. The molecule has 0 spiro atoms. The largest absolute Gasteiger partial charge is 0.481 e. The van der Waals surface area contributed by atoms with Gasteiger partial charge >= 0.3 is 12.1 Å². The topological polar surface area (TPSA) is 66.8 Å². The Balaban J connectivity index is 2.56. The van der Waals surface area contributed by atoms with Crippen molar-refractivity contribution in [3.63, 3.8) is 0 Å². The SMILES string of the molecule is C=CCOC(=O)N1C[C@@H](CC)[C@H](C(=O)O)C1. The van der Waals surface area contributed by atoms with E-state index in [1.807, 2.05) is 6.92 Å². The Morgan fingerprint density at radius 2 is 2.25 bits per heavy atom. The van der Waals surface area contributed by atoms with E-state index in [4.69, 9.17) is 9.84 Å². The standard InChI is InChI=1S/C11H17NO4/c1-3-5-16-11(15)12-6-8(4-2)9(7-12)10(13)14/h3,8-9H,1,4-7H2,2H3,(H,13,14)/t8-,9-/m1/s1. The third-order valence-corrected chi connectivity index (χ3v) is 2.87. The number of carboxylic acid groups (broad SMARTS) is 1. The zero-order valence-corrected chi connectivity index (χ0v) is 9.39. The Labute approximate surface area is 94.7 Å². The first-order chi connectivity index (χ1) is 7.60. The van der Waals surface area contributed by atoms with E-state index in [1.54, 1.807) is 0 Å². The summed E-state index contributed by atoms with van der Waals surface area (Å²) in [5, 5.41) is 9.00. The molecule has 0 unspecified atom stereocenters. The molecule has 5 heteroatoms. The number of carbonyl (C=O) groups is 2. The van der Waals surface area contributed by atoms with Gasteiger partial charge in [0, 0.05) is 13.1 Å². The summed E-state index contributed by atoms with van der Waals surface area (Å²) in [6.45, 7) is 6.23. The maximum atomic E-state index is 11.5. The summed E-state index contributed by atoms with van der Waals surface area (Å²) in [5.41, 5.74) is 0. The van der Waals surface area contributed by atoms with Crippen LogP contribution >= 0.6 is 0 Å². The molecule has 1 N–H and O–H groups in total. The molecule has 5 nitrogen and oxygen atoms in total. The summed E-state index contributed by atoms with van der Waals surface area (Å²) in [4.78, 5) is 23.9. The molecule has 1 saturated heterocycles. The first-order valence-electron chi connectivity index (χ1n) is 5.35. The third-order valence-electron chi connectivity index (χ3n) is 2.87. The zero-order chi connectivity index (χ0) is 12.1. The number of carbonyl (C=O) groups excluding carboxylic acids is 1. The summed E-state index contributed by atoms with van der Waals surface area (Å²) in [5.74, 6) is -1.29. The summed E-state index contributed by atoms with van der Waals surface area (Å²) in [7, 11) is 0. The van der Waals surface area contributed by atoms with E-state index in [2.05, 4.69) is 6.58 Å². The fourth-order valence-electron chi connectivity index (χ4n) is 1.94. The van der Waals surface area contributed by atoms with Crippen molar-refractivity contribution in [2.75, 3.05) is 19.7 Å². The zero-order valence-electron chi connectivity index (χ0n) is 9.39. The van der Waals surface area contributed by atoms with Crippen molar-refractivity contribution in [3.05, 3.63) is 12.7 Å². The molecule has 0 bridgehead atoms. The second-order valence-corrected chi connectivity index (χ2v) is 3.88. The van der Waals surface area contributed by atoms with Crippen molar-refractivity contribution >= 4 is 12.1 Å². The quantitative estimate of drug-likeness (QED) is 0.736. The lowest BCUT2D eigenvalue weighted by Gasteiger charge is -2.14. The average Bonchev–Trinajstić information content (AvgIpc) is 2.69. The smallest absolute Gasteiger partial charge is 0.410 e. The number of hydrogen-bond acceptors (Lipinski definition) is 3. The van der Waals surface area contributed by atoms with Gasteiger partial charge in [-0.05, 0) is 5.92 Å². The van der Waals surface area contributed by atoms with Gasteiger partial charge in [0.25, 0.3) is 0 Å². The van der Waals surface area contributed by atoms with Gasteiger partial charge in [-0.15, -0.1) is 0 Å². The predicted octanol–water partition coefficient (Wildman–Crippen LogP) is 1.35. The molecular formula is C11H17NO4. The molecule has 1 fully saturated rings. The monoisotopic (exact) mass is 227 g/mol. The van der Waals surface area contributed by atoms with Crippen molar-refractivity contribution < 1.29 is 19.4 Å². The highest BCUT2D eigenvalue weighted by atomic mass is 16.6. The fourth-order valence-corrected chi connectivity index (χ4v) is 1.94. The van der Waals surface area contributed by atoms with E-state index >= 15 is 0 Å². The van der Waals surface area contributed by atoms with Gasteiger partial charge in [-0.2, -0.15) is 0 Å². The van der Waals surface area contributed by atoms with Crippen LogP contribution in [0.4, 0.5) is 4.79 Å². The number of rotatable bonds is 4. The molecule has 1 aliphatic heterocycles. The van der Waals surface area contributed by atoms with Crippen LogP contribution in [0.3, 0.4) is 0 Å². The number of amides is 1. The highest BCUT2D eigenvalue weighted by Crippen LogP contribution is 2.26. The number of carboxylic acids is 1. The number of aliphatic carboxylic acids is 1. The molecule has 2 atom stereocenters. The van der Waals surface area contributed by atoms with Crippen molar-refractivity contribution in [2.45, 2.75) is 13.3 Å². The molecule has 1 rings (SSSR count). The van der Waals surface area contributed by atoms with Crippen LogP contribution in [-0.4, -0.2) is 41.8 Å². The molecule has 1 amide bonds. The maximum absolute atomic E-state index is 11.5. The Morgan fingerprint density at radius 1 is 1.56 bits per heavy atom. The minimum absolute atomic E-state index is 0.0220. The molecule has 0 aromatic carbocycles. The second-order valence-electron chi connectivity index (χ2n) is 3.88. The van der Waals surface area contributed by atoms with Crippen LogP contribution in [0.2, 0.25) is 0 Å². The van der Waals surface area contributed by atoms with Gasteiger partial charge in [0.1, 0.15) is 6.61 Å². The summed E-state index contributed by atoms with van der Waals surface area (Å²) in [6, 6.07) is 0. The van der Waals surface area contributed by atoms with E-state index in [9.17, 15) is 9.59 Å². The van der Waals surface area contributed by atoms with Gasteiger partial charge in [0.05, 0.1) is 5.92 Å². The van der Waals surface area contributed by atoms with E-state index in [-0.39, 0.29) is 19.1 Å². The van der Waals surface area contributed by atoms with E-state index < -0.39 is 18.0 Å². The van der Waals surface area contributed by atoms with Crippen molar-refractivity contribution in [3.8, 4) is 0 Å². The van der Waals surface area contributed by atoms with Gasteiger partial charge < -0.3 is 14.7 Å². The van der Waals surface area contributed by atoms with Crippen LogP contribution in [0.25, 0.3) is 0 Å². The summed E-state index contributed by atoms with van der Waals surface area (Å²) < 4.78 is 4.87. The first kappa shape index (κ1) is 12.5. The van der Waals surface area contributed by atoms with E-state index in [0.29, 0.717) is 6.54 Å². The highest BCUT2D eigenvalue weighted by molar-refractivity contribution is 5.74. The lowest BCUT2D eigenvalue weighted by atomic mass is 9.94. The van der Waals surface area contributed by atoms with Crippen LogP contribution < -0.4 is 0 Å². The maximum Gasteiger partial charge on any atom is 0.410 e. The molecule has 16 heavy (non-hydrogen) atoms. The minimum atomic E-state index is -0.842. The molecule has 0 aromatic rings. The molecule has 90 valence electrons. The van der Waals surface area contributed by atoms with E-state index in [1.165, 1.54) is 11.0 Å². The molecule has 0 aromatic heterocycles. The van der Waals surface area contributed by atoms with Crippen LogP contribution in [0, 0.1) is 11.8 Å². The Kier molecular flexibility index (Phi) is 4.34. The second kappa shape index (κ2) is 5.53. The number of nitrogens with zero attached hydrogens (tertiary/aromatic N) is 1. The molecule has 0 radical (unpaired) electrons. The molecule has 0 saturated carbocycles. The van der Waals surface area contributed by atoms with Gasteiger partial charge in [-0.3, -0.25) is 4.79 Å². The molecular weight excluding hydrogens is 210 g/mol. The Morgan fingerprint density at radius 3 is 2.69 bits per heavy atom. The lowest BCUT2D eigenvalue weighted by Crippen LogP contribution is -2.30. The first-order valence-corrected chi connectivity index (χ1v) is 5.35. The number of likely N-dealkylation sites (tertiary alicyclic amines) is 1. The van der Waals surface area contributed by atoms with Crippen molar-refractivity contribution in [1.82, 2.24) is 4.90 Å². The van der Waals surface area contributed by atoms with Crippen molar-refractivity contribution in [1.29, 1.82) is 0 Å². The number of ether oxygens (including phenoxy) is 1. The Hall–Kier alpha value is -1.52. The predicted molar refractivity (Wildman–Crippen MR) is 58.0 cm³/mol. The highest BCUT2D eigenvalue weighted by Gasteiger charge is 2.39. The van der Waals surface area contributed by atoms with Crippen LogP contribution in [-0.2, 0) is 9.53 Å². The minimum Gasteiger partial charge on any atom is -0.481 e. The van der Waals surface area contributed by atoms with Gasteiger partial charge in [0.15, 0.2) is 0 Å².